The van der Waals surface area contributed by atoms with Gasteiger partial charge in [-0.1, -0.05) is 0 Å². The van der Waals surface area contributed by atoms with Crippen LogP contribution in [0.2, 0.25) is 0 Å². The summed E-state index contributed by atoms with van der Waals surface area (Å²) in [6.07, 6.45) is -0.257. The lowest BCUT2D eigenvalue weighted by Gasteiger charge is -2.41. The van der Waals surface area contributed by atoms with Crippen LogP contribution in [0.1, 0.15) is 27.7 Å². The molecule has 2 N–H and O–H groups in total. The van der Waals surface area contributed by atoms with Crippen LogP contribution in [0.25, 0.3) is 0 Å². The summed E-state index contributed by atoms with van der Waals surface area (Å²) in [7, 11) is 1.62. The first-order chi connectivity index (χ1) is 10.7. The van der Waals surface area contributed by atoms with Gasteiger partial charge in [0.05, 0.1) is 18.5 Å². The van der Waals surface area contributed by atoms with Gasteiger partial charge >= 0.3 is 6.09 Å². The van der Waals surface area contributed by atoms with Gasteiger partial charge in [0.1, 0.15) is 11.4 Å². The minimum Gasteiger partial charge on any atom is -0.497 e. The maximum absolute atomic E-state index is 12.3. The first-order valence-electron chi connectivity index (χ1n) is 7.89. The Labute approximate surface area is 138 Å². The minimum absolute atomic E-state index is 0.0556. The lowest BCUT2D eigenvalue weighted by Crippen LogP contribution is -2.55. The molecular weight excluding hydrogens is 294 g/mol. The van der Waals surface area contributed by atoms with Crippen molar-refractivity contribution in [3.05, 3.63) is 18.2 Å². The molecular formula is C17H27N3O3. The van der Waals surface area contributed by atoms with Crippen molar-refractivity contribution in [1.82, 2.24) is 4.90 Å². The molecule has 0 spiro atoms. The summed E-state index contributed by atoms with van der Waals surface area (Å²) in [5, 5.41) is 0. The van der Waals surface area contributed by atoms with Crippen molar-refractivity contribution >= 4 is 17.5 Å². The predicted molar refractivity (Wildman–Crippen MR) is 92.0 cm³/mol. The molecule has 1 saturated heterocycles. The summed E-state index contributed by atoms with van der Waals surface area (Å²) in [5.41, 5.74) is 7.30. The van der Waals surface area contributed by atoms with Crippen LogP contribution in [-0.4, -0.2) is 49.4 Å². The van der Waals surface area contributed by atoms with Crippen LogP contribution in [0.5, 0.6) is 5.75 Å². The number of piperazine rings is 1. The van der Waals surface area contributed by atoms with Gasteiger partial charge < -0.3 is 25.0 Å². The summed E-state index contributed by atoms with van der Waals surface area (Å²) in [6, 6.07) is 5.74. The molecule has 128 valence electrons. The molecule has 6 heteroatoms. The van der Waals surface area contributed by atoms with Crippen LogP contribution in [0, 0.1) is 0 Å². The molecule has 1 fully saturated rings. The SMILES string of the molecule is COc1ccc(N2CCN(C(=O)OC(C)(C)C)[C@H](C)C2)c(N)c1. The van der Waals surface area contributed by atoms with E-state index in [1.54, 1.807) is 12.0 Å². The number of nitrogen functional groups attached to an aromatic ring is 1. The number of rotatable bonds is 2. The van der Waals surface area contributed by atoms with Crippen LogP contribution >= 0.6 is 0 Å². The second-order valence-electron chi connectivity index (χ2n) is 6.89. The van der Waals surface area contributed by atoms with Crippen LogP contribution in [0.4, 0.5) is 16.2 Å². The molecule has 0 saturated carbocycles. The van der Waals surface area contributed by atoms with Gasteiger partial charge in [0.15, 0.2) is 0 Å². The molecule has 1 heterocycles. The monoisotopic (exact) mass is 321 g/mol. The molecule has 6 nitrogen and oxygen atoms in total. The molecule has 1 aromatic carbocycles. The summed E-state index contributed by atoms with van der Waals surface area (Å²) in [5.74, 6) is 0.742. The highest BCUT2D eigenvalue weighted by Crippen LogP contribution is 2.29. The van der Waals surface area contributed by atoms with E-state index in [1.807, 2.05) is 45.9 Å². The fourth-order valence-electron chi connectivity index (χ4n) is 2.72. The second kappa shape index (κ2) is 6.56. The number of ether oxygens (including phenoxy) is 2. The molecule has 1 aliphatic heterocycles. The van der Waals surface area contributed by atoms with E-state index < -0.39 is 5.60 Å². The van der Waals surface area contributed by atoms with Gasteiger partial charge in [-0.3, -0.25) is 0 Å². The van der Waals surface area contributed by atoms with Crippen molar-refractivity contribution in [1.29, 1.82) is 0 Å². The van der Waals surface area contributed by atoms with Gasteiger partial charge in [-0.05, 0) is 39.8 Å². The standard InChI is InChI=1S/C17H27N3O3/c1-12-11-19(15-7-6-13(22-5)10-14(15)18)8-9-20(12)16(21)23-17(2,3)4/h6-7,10,12H,8-9,11,18H2,1-5H3/t12-/m1/s1. The molecule has 2 rings (SSSR count). The smallest absolute Gasteiger partial charge is 0.410 e. The van der Waals surface area contributed by atoms with E-state index in [9.17, 15) is 4.79 Å². The fourth-order valence-corrected chi connectivity index (χ4v) is 2.72. The fraction of sp³-hybridized carbons (Fsp3) is 0.588. The molecule has 0 aliphatic carbocycles. The summed E-state index contributed by atoms with van der Waals surface area (Å²) < 4.78 is 10.7. The Morgan fingerprint density at radius 2 is 2.00 bits per heavy atom. The quantitative estimate of drug-likeness (QED) is 0.848. The van der Waals surface area contributed by atoms with Gasteiger partial charge in [0.2, 0.25) is 0 Å². The zero-order valence-electron chi connectivity index (χ0n) is 14.6. The van der Waals surface area contributed by atoms with Crippen LogP contribution in [-0.2, 0) is 4.74 Å². The van der Waals surface area contributed by atoms with Crippen molar-refractivity contribution in [2.45, 2.75) is 39.3 Å². The van der Waals surface area contributed by atoms with Crippen molar-refractivity contribution in [2.24, 2.45) is 0 Å². The maximum atomic E-state index is 12.3. The summed E-state index contributed by atoms with van der Waals surface area (Å²) in [4.78, 5) is 16.2. The third-order valence-electron chi connectivity index (χ3n) is 3.83. The van der Waals surface area contributed by atoms with Crippen molar-refractivity contribution in [3.63, 3.8) is 0 Å². The maximum Gasteiger partial charge on any atom is 0.410 e. The number of hydrogen-bond donors (Lipinski definition) is 1. The molecule has 0 bridgehead atoms. The average Bonchev–Trinajstić information content (AvgIpc) is 2.44. The third-order valence-corrected chi connectivity index (χ3v) is 3.83. The molecule has 1 aliphatic rings. The van der Waals surface area contributed by atoms with E-state index in [4.69, 9.17) is 15.2 Å². The zero-order valence-corrected chi connectivity index (χ0v) is 14.6. The number of nitrogens with two attached hydrogens (primary N) is 1. The number of nitrogens with zero attached hydrogens (tertiary/aromatic N) is 2. The lowest BCUT2D eigenvalue weighted by molar-refractivity contribution is 0.0159. The summed E-state index contributed by atoms with van der Waals surface area (Å²) in [6.45, 7) is 9.71. The van der Waals surface area contributed by atoms with E-state index in [2.05, 4.69) is 4.90 Å². The van der Waals surface area contributed by atoms with Gasteiger partial charge in [0.25, 0.3) is 0 Å². The molecule has 1 aromatic rings. The molecule has 0 aromatic heterocycles. The van der Waals surface area contributed by atoms with Crippen molar-refractivity contribution in [3.8, 4) is 5.75 Å². The number of methoxy groups -OCH3 is 1. The largest absolute Gasteiger partial charge is 0.497 e. The molecule has 23 heavy (non-hydrogen) atoms. The van der Waals surface area contributed by atoms with E-state index in [0.29, 0.717) is 12.2 Å². The van der Waals surface area contributed by atoms with Crippen LogP contribution in [0.3, 0.4) is 0 Å². The molecule has 1 amide bonds. The topological polar surface area (TPSA) is 68.0 Å². The number of amides is 1. The van der Waals surface area contributed by atoms with Crippen LogP contribution in [0.15, 0.2) is 18.2 Å². The third kappa shape index (κ3) is 4.21. The Bertz CT molecular complexity index is 569. The van der Waals surface area contributed by atoms with Crippen LogP contribution < -0.4 is 15.4 Å². The van der Waals surface area contributed by atoms with Gasteiger partial charge in [-0.2, -0.15) is 0 Å². The Morgan fingerprint density at radius 1 is 1.30 bits per heavy atom. The average molecular weight is 321 g/mol. The number of carbonyl (C=O) groups excluding carboxylic acids is 1. The Hall–Kier alpha value is -2.11. The first kappa shape index (κ1) is 17.2. The highest BCUT2D eigenvalue weighted by molar-refractivity contribution is 5.72. The Kier molecular flexibility index (Phi) is 4.92. The van der Waals surface area contributed by atoms with Crippen molar-refractivity contribution in [2.75, 3.05) is 37.4 Å². The van der Waals surface area contributed by atoms with Gasteiger partial charge in [-0.15, -0.1) is 0 Å². The van der Waals surface area contributed by atoms with Crippen molar-refractivity contribution < 1.29 is 14.3 Å². The molecule has 0 unspecified atom stereocenters. The molecule has 0 radical (unpaired) electrons. The highest BCUT2D eigenvalue weighted by atomic mass is 16.6. The second-order valence-corrected chi connectivity index (χ2v) is 6.89. The Morgan fingerprint density at radius 3 is 2.52 bits per heavy atom. The Balaban J connectivity index is 2.05. The minimum atomic E-state index is -0.478. The van der Waals surface area contributed by atoms with E-state index in [0.717, 1.165) is 24.5 Å². The lowest BCUT2D eigenvalue weighted by atomic mass is 10.1. The number of benzene rings is 1. The predicted octanol–water partition coefficient (Wildman–Crippen LogP) is 2.72. The van der Waals surface area contributed by atoms with Gasteiger partial charge in [0, 0.05) is 31.7 Å². The van der Waals surface area contributed by atoms with Gasteiger partial charge in [-0.25, -0.2) is 4.79 Å². The van der Waals surface area contributed by atoms with E-state index in [1.165, 1.54) is 0 Å². The highest BCUT2D eigenvalue weighted by Gasteiger charge is 2.31. The number of hydrogen-bond acceptors (Lipinski definition) is 5. The van der Waals surface area contributed by atoms with E-state index >= 15 is 0 Å². The summed E-state index contributed by atoms with van der Waals surface area (Å²) >= 11 is 0. The first-order valence-corrected chi connectivity index (χ1v) is 7.89. The zero-order chi connectivity index (χ0) is 17.2. The number of carbonyl (C=O) groups is 1. The van der Waals surface area contributed by atoms with E-state index in [-0.39, 0.29) is 12.1 Å². The number of anilines is 2. The normalized spacial score (nSPS) is 18.7. The molecule has 1 atom stereocenters.